The normalized spacial score (nSPS) is 17.1. The number of carbonyl (C=O) groups excluding carboxylic acids is 2. The molecule has 0 aromatic heterocycles. The summed E-state index contributed by atoms with van der Waals surface area (Å²) in [6.07, 6.45) is 0. The highest BCUT2D eigenvalue weighted by Crippen LogP contribution is 2.31. The van der Waals surface area contributed by atoms with Crippen molar-refractivity contribution in [1.29, 1.82) is 0 Å². The van der Waals surface area contributed by atoms with Gasteiger partial charge in [0.25, 0.3) is 5.91 Å². The second-order valence-corrected chi connectivity index (χ2v) is 8.33. The van der Waals surface area contributed by atoms with Crippen LogP contribution in [0.5, 0.6) is 0 Å². The van der Waals surface area contributed by atoms with E-state index in [2.05, 4.69) is 10.6 Å². The first-order valence-corrected chi connectivity index (χ1v) is 10.0. The van der Waals surface area contributed by atoms with E-state index in [9.17, 15) is 9.59 Å². The predicted molar refractivity (Wildman–Crippen MR) is 115 cm³/mol. The van der Waals surface area contributed by atoms with E-state index >= 15 is 0 Å². The second-order valence-electron chi connectivity index (χ2n) is 6.84. The summed E-state index contributed by atoms with van der Waals surface area (Å²) in [5, 5.41) is 6.29. The Hall–Kier alpha value is -1.83. The van der Waals surface area contributed by atoms with Crippen LogP contribution in [0, 0.1) is 5.92 Å². The molecule has 0 radical (unpaired) electrons. The molecule has 28 heavy (non-hydrogen) atoms. The van der Waals surface area contributed by atoms with Crippen LogP contribution in [0.3, 0.4) is 0 Å². The lowest BCUT2D eigenvalue weighted by molar-refractivity contribution is -0.140. The first-order valence-electron chi connectivity index (χ1n) is 8.73. The van der Waals surface area contributed by atoms with Gasteiger partial charge in [-0.25, -0.2) is 4.79 Å². The number of thiocarbonyl (C=S) groups is 1. The number of alkyl halides is 2. The lowest BCUT2D eigenvalue weighted by atomic mass is 9.95. The number of rotatable bonds is 6. The number of nitrogens with zero attached hydrogens (tertiary/aromatic N) is 1. The van der Waals surface area contributed by atoms with Gasteiger partial charge in [0.05, 0.1) is 18.2 Å². The molecule has 0 fully saturated rings. The zero-order valence-corrected chi connectivity index (χ0v) is 18.4. The minimum atomic E-state index is -1.15. The second kappa shape index (κ2) is 9.58. The van der Waals surface area contributed by atoms with Crippen molar-refractivity contribution in [2.45, 2.75) is 31.6 Å². The number of amides is 1. The third-order valence-corrected chi connectivity index (χ3v) is 5.02. The SMILES string of the molecule is CC1=C(C(=O)OCC(C)C)C(c2ccc(NC(=O)C(Cl)Cl)cc2)NC(=S)N1C. The molecule has 1 atom stereocenters. The van der Waals surface area contributed by atoms with E-state index in [1.807, 2.05) is 20.8 Å². The number of hydrogen-bond donors (Lipinski definition) is 2. The van der Waals surface area contributed by atoms with Crippen molar-refractivity contribution in [2.75, 3.05) is 19.0 Å². The largest absolute Gasteiger partial charge is 0.462 e. The van der Waals surface area contributed by atoms with Gasteiger partial charge in [-0.05, 0) is 42.8 Å². The van der Waals surface area contributed by atoms with Crippen molar-refractivity contribution in [3.63, 3.8) is 0 Å². The molecule has 0 spiro atoms. The molecule has 152 valence electrons. The van der Waals surface area contributed by atoms with Crippen LogP contribution < -0.4 is 10.6 Å². The number of allylic oxidation sites excluding steroid dienone is 1. The van der Waals surface area contributed by atoms with Gasteiger partial charge in [0.15, 0.2) is 9.95 Å². The van der Waals surface area contributed by atoms with Crippen molar-refractivity contribution in [3.8, 4) is 0 Å². The fraction of sp³-hybridized carbons (Fsp3) is 0.421. The number of hydrogen-bond acceptors (Lipinski definition) is 4. The number of nitrogens with one attached hydrogen (secondary N) is 2. The van der Waals surface area contributed by atoms with Gasteiger partial charge < -0.3 is 20.3 Å². The van der Waals surface area contributed by atoms with E-state index in [1.165, 1.54) is 0 Å². The smallest absolute Gasteiger partial charge is 0.338 e. The third-order valence-electron chi connectivity index (χ3n) is 4.23. The molecule has 0 saturated heterocycles. The van der Waals surface area contributed by atoms with Gasteiger partial charge in [-0.3, -0.25) is 4.79 Å². The van der Waals surface area contributed by atoms with E-state index in [1.54, 1.807) is 36.2 Å². The summed E-state index contributed by atoms with van der Waals surface area (Å²) in [5.74, 6) is -0.667. The van der Waals surface area contributed by atoms with Crippen LogP contribution in [0.15, 0.2) is 35.5 Å². The average Bonchev–Trinajstić information content (AvgIpc) is 2.64. The zero-order chi connectivity index (χ0) is 21.0. The summed E-state index contributed by atoms with van der Waals surface area (Å²) in [7, 11) is 1.80. The first-order chi connectivity index (χ1) is 13.1. The maximum Gasteiger partial charge on any atom is 0.338 e. The summed E-state index contributed by atoms with van der Waals surface area (Å²) < 4.78 is 5.46. The molecule has 0 aliphatic carbocycles. The van der Waals surface area contributed by atoms with E-state index in [0.717, 1.165) is 11.3 Å². The summed E-state index contributed by atoms with van der Waals surface area (Å²) >= 11 is 16.5. The molecule has 1 unspecified atom stereocenters. The van der Waals surface area contributed by atoms with Gasteiger partial charge in [0.2, 0.25) is 0 Å². The van der Waals surface area contributed by atoms with Gasteiger partial charge in [-0.15, -0.1) is 0 Å². The van der Waals surface area contributed by atoms with Crippen molar-refractivity contribution >= 4 is 58.1 Å². The van der Waals surface area contributed by atoms with E-state index in [4.69, 9.17) is 40.2 Å². The predicted octanol–water partition coefficient (Wildman–Crippen LogP) is 3.76. The van der Waals surface area contributed by atoms with Gasteiger partial charge >= 0.3 is 5.97 Å². The molecule has 1 amide bonds. The molecular weight excluding hydrogens is 421 g/mol. The molecule has 6 nitrogen and oxygen atoms in total. The lowest BCUT2D eigenvalue weighted by Gasteiger charge is -2.35. The Labute approximate surface area is 180 Å². The Balaban J connectivity index is 2.31. The van der Waals surface area contributed by atoms with Crippen molar-refractivity contribution in [2.24, 2.45) is 5.92 Å². The van der Waals surface area contributed by atoms with Crippen LogP contribution in [0.1, 0.15) is 32.4 Å². The van der Waals surface area contributed by atoms with Crippen LogP contribution in [-0.2, 0) is 14.3 Å². The standard InChI is InChI=1S/C19H23Cl2N3O3S/c1-10(2)9-27-18(26)14-11(3)24(4)19(28)23-15(14)12-5-7-13(8-6-12)22-17(25)16(20)21/h5-8,10,15-16H,9H2,1-4H3,(H,22,25)(H,23,28). The van der Waals surface area contributed by atoms with Crippen molar-refractivity contribution in [1.82, 2.24) is 10.2 Å². The highest BCUT2D eigenvalue weighted by Gasteiger charge is 2.33. The van der Waals surface area contributed by atoms with Crippen LogP contribution in [0.4, 0.5) is 5.69 Å². The van der Waals surface area contributed by atoms with Gasteiger partial charge in [0.1, 0.15) is 0 Å². The molecule has 1 aliphatic rings. The summed E-state index contributed by atoms with van der Waals surface area (Å²) in [4.78, 5) is 25.0. The first kappa shape index (κ1) is 22.5. The van der Waals surface area contributed by atoms with E-state index in [0.29, 0.717) is 23.0 Å². The number of anilines is 1. The van der Waals surface area contributed by atoms with Crippen molar-refractivity contribution in [3.05, 3.63) is 41.1 Å². The maximum atomic E-state index is 12.8. The molecule has 2 N–H and O–H groups in total. The third kappa shape index (κ3) is 5.37. The van der Waals surface area contributed by atoms with Crippen LogP contribution in [0.2, 0.25) is 0 Å². The van der Waals surface area contributed by atoms with E-state index in [-0.39, 0.29) is 11.9 Å². The Morgan fingerprint density at radius 1 is 1.29 bits per heavy atom. The Morgan fingerprint density at radius 3 is 2.43 bits per heavy atom. The summed E-state index contributed by atoms with van der Waals surface area (Å²) in [6.45, 7) is 6.12. The monoisotopic (exact) mass is 443 g/mol. The summed E-state index contributed by atoms with van der Waals surface area (Å²) in [5.41, 5.74) is 2.57. The summed E-state index contributed by atoms with van der Waals surface area (Å²) in [6, 6.07) is 6.54. The van der Waals surface area contributed by atoms with Crippen molar-refractivity contribution < 1.29 is 14.3 Å². The number of halogens is 2. The minimum Gasteiger partial charge on any atom is -0.462 e. The number of ether oxygens (including phenoxy) is 1. The highest BCUT2D eigenvalue weighted by molar-refractivity contribution is 7.80. The molecule has 1 aromatic rings. The maximum absolute atomic E-state index is 12.8. The fourth-order valence-electron chi connectivity index (χ4n) is 2.63. The highest BCUT2D eigenvalue weighted by atomic mass is 35.5. The zero-order valence-electron chi connectivity index (χ0n) is 16.1. The topological polar surface area (TPSA) is 70.7 Å². The number of carbonyl (C=O) groups is 2. The Bertz CT molecular complexity index is 794. The molecule has 1 heterocycles. The molecular formula is C19H23Cl2N3O3S. The van der Waals surface area contributed by atoms with Crippen LogP contribution in [-0.4, -0.2) is 40.4 Å². The Morgan fingerprint density at radius 2 is 1.89 bits per heavy atom. The average molecular weight is 444 g/mol. The molecule has 0 saturated carbocycles. The van der Waals surface area contributed by atoms with Crippen LogP contribution in [0.25, 0.3) is 0 Å². The quantitative estimate of drug-likeness (QED) is 0.396. The van der Waals surface area contributed by atoms with Gasteiger partial charge in [-0.2, -0.15) is 0 Å². The number of benzene rings is 1. The lowest BCUT2D eigenvalue weighted by Crippen LogP contribution is -2.46. The molecule has 1 aliphatic heterocycles. The van der Waals surface area contributed by atoms with Crippen LogP contribution >= 0.6 is 35.4 Å². The minimum absolute atomic E-state index is 0.231. The molecule has 9 heteroatoms. The van der Waals surface area contributed by atoms with Gasteiger partial charge in [0, 0.05) is 18.4 Å². The molecule has 1 aromatic carbocycles. The number of esters is 1. The van der Waals surface area contributed by atoms with E-state index < -0.39 is 16.8 Å². The Kier molecular flexibility index (Phi) is 7.69. The molecule has 2 rings (SSSR count). The molecule has 0 bridgehead atoms. The van der Waals surface area contributed by atoms with Gasteiger partial charge in [-0.1, -0.05) is 49.2 Å². The fourth-order valence-corrected chi connectivity index (χ4v) is 2.99.